The fourth-order valence-electron chi connectivity index (χ4n) is 3.30. The Morgan fingerprint density at radius 3 is 2.64 bits per heavy atom. The van der Waals surface area contributed by atoms with Gasteiger partial charge in [0.2, 0.25) is 0 Å². The molecule has 2 amide bonds. The summed E-state index contributed by atoms with van der Waals surface area (Å²) in [6.07, 6.45) is 6.88. The standard InChI is InChI=1S/C19H24N2O/c22-19(21-17-10-2-1-3-11-17)20-14-13-16-9-6-8-15-7-4-5-12-18(15)16/h4-9,12,17H,1-3,10-11,13-14H2,(H2,20,21,22). The SMILES string of the molecule is O=C(NCCc1cccc2ccccc12)NC1CCCCC1. The zero-order chi connectivity index (χ0) is 15.2. The van der Waals surface area contributed by atoms with Crippen molar-refractivity contribution < 1.29 is 4.79 Å². The summed E-state index contributed by atoms with van der Waals surface area (Å²) in [4.78, 5) is 11.9. The molecule has 0 aromatic heterocycles. The number of urea groups is 1. The van der Waals surface area contributed by atoms with Gasteiger partial charge in [0.15, 0.2) is 0 Å². The number of amides is 2. The predicted molar refractivity (Wildman–Crippen MR) is 91.1 cm³/mol. The molecule has 22 heavy (non-hydrogen) atoms. The van der Waals surface area contributed by atoms with E-state index >= 15 is 0 Å². The number of carbonyl (C=O) groups excluding carboxylic acids is 1. The molecule has 2 N–H and O–H groups in total. The highest BCUT2D eigenvalue weighted by atomic mass is 16.2. The molecule has 2 aromatic rings. The van der Waals surface area contributed by atoms with Crippen molar-refractivity contribution in [3.05, 3.63) is 48.0 Å². The van der Waals surface area contributed by atoms with Crippen LogP contribution in [0, 0.1) is 0 Å². The van der Waals surface area contributed by atoms with Crippen molar-refractivity contribution in [1.82, 2.24) is 10.6 Å². The van der Waals surface area contributed by atoms with E-state index in [1.54, 1.807) is 0 Å². The van der Waals surface area contributed by atoms with E-state index in [9.17, 15) is 4.79 Å². The van der Waals surface area contributed by atoms with Crippen LogP contribution in [0.3, 0.4) is 0 Å². The third kappa shape index (κ3) is 3.79. The average Bonchev–Trinajstić information content (AvgIpc) is 2.56. The van der Waals surface area contributed by atoms with Gasteiger partial charge < -0.3 is 10.6 Å². The summed E-state index contributed by atoms with van der Waals surface area (Å²) in [5, 5.41) is 8.62. The van der Waals surface area contributed by atoms with Gasteiger partial charge in [0.1, 0.15) is 0 Å². The first-order valence-electron chi connectivity index (χ1n) is 8.34. The number of fused-ring (bicyclic) bond motifs is 1. The Hall–Kier alpha value is -2.03. The lowest BCUT2D eigenvalue weighted by atomic mass is 9.96. The van der Waals surface area contributed by atoms with Crippen LogP contribution < -0.4 is 10.6 Å². The summed E-state index contributed by atoms with van der Waals surface area (Å²) in [7, 11) is 0. The summed E-state index contributed by atoms with van der Waals surface area (Å²) in [6.45, 7) is 0.673. The molecule has 0 unspecified atom stereocenters. The van der Waals surface area contributed by atoms with Crippen molar-refractivity contribution in [3.63, 3.8) is 0 Å². The second-order valence-electron chi connectivity index (χ2n) is 6.12. The molecule has 116 valence electrons. The number of rotatable bonds is 4. The minimum Gasteiger partial charge on any atom is -0.338 e. The van der Waals surface area contributed by atoms with Crippen LogP contribution in [0.2, 0.25) is 0 Å². The van der Waals surface area contributed by atoms with Crippen molar-refractivity contribution in [2.45, 2.75) is 44.6 Å². The van der Waals surface area contributed by atoms with Gasteiger partial charge in [0, 0.05) is 12.6 Å². The molecule has 0 radical (unpaired) electrons. The molecule has 0 heterocycles. The Labute approximate surface area is 132 Å². The predicted octanol–water partition coefficient (Wildman–Crippen LogP) is 4.01. The molecular formula is C19H24N2O. The van der Waals surface area contributed by atoms with Gasteiger partial charge in [-0.2, -0.15) is 0 Å². The number of carbonyl (C=O) groups is 1. The van der Waals surface area contributed by atoms with Crippen molar-refractivity contribution in [2.75, 3.05) is 6.54 Å². The first-order chi connectivity index (χ1) is 10.8. The van der Waals surface area contributed by atoms with Crippen molar-refractivity contribution in [1.29, 1.82) is 0 Å². The van der Waals surface area contributed by atoms with Gasteiger partial charge in [-0.3, -0.25) is 0 Å². The lowest BCUT2D eigenvalue weighted by Gasteiger charge is -2.22. The molecule has 1 aliphatic carbocycles. The fourth-order valence-corrected chi connectivity index (χ4v) is 3.30. The second-order valence-corrected chi connectivity index (χ2v) is 6.12. The minimum absolute atomic E-state index is 0.0212. The number of hydrogen-bond donors (Lipinski definition) is 2. The van der Waals surface area contributed by atoms with E-state index in [1.807, 2.05) is 0 Å². The lowest BCUT2D eigenvalue weighted by molar-refractivity contribution is 0.233. The van der Waals surface area contributed by atoms with Gasteiger partial charge in [-0.05, 0) is 35.6 Å². The van der Waals surface area contributed by atoms with Crippen LogP contribution in [-0.2, 0) is 6.42 Å². The highest BCUT2D eigenvalue weighted by Crippen LogP contribution is 2.19. The van der Waals surface area contributed by atoms with Crippen molar-refractivity contribution >= 4 is 16.8 Å². The van der Waals surface area contributed by atoms with Gasteiger partial charge in [-0.15, -0.1) is 0 Å². The monoisotopic (exact) mass is 296 g/mol. The summed E-state index contributed by atoms with van der Waals surface area (Å²) < 4.78 is 0. The van der Waals surface area contributed by atoms with E-state index < -0.39 is 0 Å². The van der Waals surface area contributed by atoms with E-state index in [1.165, 1.54) is 35.6 Å². The fraction of sp³-hybridized carbons (Fsp3) is 0.421. The number of benzene rings is 2. The molecule has 3 heteroatoms. The summed E-state index contributed by atoms with van der Waals surface area (Å²) in [5.41, 5.74) is 1.29. The van der Waals surface area contributed by atoms with E-state index in [0.29, 0.717) is 12.6 Å². The zero-order valence-electron chi connectivity index (χ0n) is 13.0. The Morgan fingerprint density at radius 2 is 1.77 bits per heavy atom. The maximum Gasteiger partial charge on any atom is 0.315 e. The third-order valence-corrected chi connectivity index (χ3v) is 4.50. The Balaban J connectivity index is 1.50. The molecule has 0 saturated heterocycles. The topological polar surface area (TPSA) is 41.1 Å². The molecule has 0 bridgehead atoms. The summed E-state index contributed by atoms with van der Waals surface area (Å²) >= 11 is 0. The first-order valence-corrected chi connectivity index (χ1v) is 8.34. The Bertz CT molecular complexity index is 627. The first kappa shape index (κ1) is 14.9. The molecule has 3 nitrogen and oxygen atoms in total. The Morgan fingerprint density at radius 1 is 1.00 bits per heavy atom. The minimum atomic E-state index is -0.0212. The smallest absolute Gasteiger partial charge is 0.315 e. The lowest BCUT2D eigenvalue weighted by Crippen LogP contribution is -2.43. The van der Waals surface area contributed by atoms with Gasteiger partial charge in [-0.25, -0.2) is 4.79 Å². The quantitative estimate of drug-likeness (QED) is 0.879. The van der Waals surface area contributed by atoms with E-state index in [4.69, 9.17) is 0 Å². The van der Waals surface area contributed by atoms with Crippen LogP contribution in [-0.4, -0.2) is 18.6 Å². The van der Waals surface area contributed by atoms with Crippen molar-refractivity contribution in [2.24, 2.45) is 0 Å². The average molecular weight is 296 g/mol. The van der Waals surface area contributed by atoms with Gasteiger partial charge in [-0.1, -0.05) is 61.7 Å². The molecular weight excluding hydrogens is 272 g/mol. The van der Waals surface area contributed by atoms with E-state index in [0.717, 1.165) is 19.3 Å². The van der Waals surface area contributed by atoms with Crippen LogP contribution in [0.25, 0.3) is 10.8 Å². The van der Waals surface area contributed by atoms with Gasteiger partial charge >= 0.3 is 6.03 Å². The van der Waals surface area contributed by atoms with Crippen molar-refractivity contribution in [3.8, 4) is 0 Å². The number of hydrogen-bond acceptors (Lipinski definition) is 1. The van der Waals surface area contributed by atoms with Gasteiger partial charge in [0.25, 0.3) is 0 Å². The maximum atomic E-state index is 11.9. The number of nitrogens with one attached hydrogen (secondary N) is 2. The molecule has 0 spiro atoms. The third-order valence-electron chi connectivity index (χ3n) is 4.50. The summed E-state index contributed by atoms with van der Waals surface area (Å²) in [6, 6.07) is 15.1. The van der Waals surface area contributed by atoms with Crippen LogP contribution in [0.15, 0.2) is 42.5 Å². The van der Waals surface area contributed by atoms with Crippen LogP contribution in [0.1, 0.15) is 37.7 Å². The Kier molecular flexibility index (Phi) is 4.94. The molecule has 0 aliphatic heterocycles. The highest BCUT2D eigenvalue weighted by molar-refractivity contribution is 5.85. The molecule has 2 aromatic carbocycles. The van der Waals surface area contributed by atoms with Crippen LogP contribution in [0.5, 0.6) is 0 Å². The van der Waals surface area contributed by atoms with Gasteiger partial charge in [0.05, 0.1) is 0 Å². The second kappa shape index (κ2) is 7.30. The highest BCUT2D eigenvalue weighted by Gasteiger charge is 2.15. The van der Waals surface area contributed by atoms with E-state index in [2.05, 4.69) is 53.1 Å². The molecule has 3 rings (SSSR count). The molecule has 1 saturated carbocycles. The molecule has 0 atom stereocenters. The zero-order valence-corrected chi connectivity index (χ0v) is 13.0. The summed E-state index contributed by atoms with van der Waals surface area (Å²) in [5.74, 6) is 0. The maximum absolute atomic E-state index is 11.9. The van der Waals surface area contributed by atoms with E-state index in [-0.39, 0.29) is 6.03 Å². The molecule has 1 aliphatic rings. The van der Waals surface area contributed by atoms with Crippen LogP contribution >= 0.6 is 0 Å². The largest absolute Gasteiger partial charge is 0.338 e. The normalized spacial score (nSPS) is 15.6. The molecule has 1 fully saturated rings. The van der Waals surface area contributed by atoms with Crippen LogP contribution in [0.4, 0.5) is 4.79 Å².